The zero-order valence-electron chi connectivity index (χ0n) is 9.75. The lowest BCUT2D eigenvalue weighted by Crippen LogP contribution is -2.32. The van der Waals surface area contributed by atoms with Crippen molar-refractivity contribution in [3.8, 4) is 0 Å². The van der Waals surface area contributed by atoms with E-state index in [9.17, 15) is 0 Å². The summed E-state index contributed by atoms with van der Waals surface area (Å²) < 4.78 is 5.53. The first-order valence-electron chi connectivity index (χ1n) is 6.03. The van der Waals surface area contributed by atoms with Gasteiger partial charge in [0.15, 0.2) is 0 Å². The summed E-state index contributed by atoms with van der Waals surface area (Å²) in [7, 11) is 0. The zero-order valence-corrected chi connectivity index (χ0v) is 9.75. The Labute approximate surface area is 92.1 Å². The Morgan fingerprint density at radius 2 is 2.00 bits per heavy atom. The molecule has 1 heterocycles. The van der Waals surface area contributed by atoms with Crippen LogP contribution in [0.15, 0.2) is 16.5 Å². The Bertz CT molecular complexity index is 297. The van der Waals surface area contributed by atoms with E-state index in [1.165, 1.54) is 25.7 Å². The molecular formula is C13H21NO. The van der Waals surface area contributed by atoms with E-state index in [2.05, 4.69) is 18.3 Å². The van der Waals surface area contributed by atoms with Gasteiger partial charge in [0, 0.05) is 6.04 Å². The van der Waals surface area contributed by atoms with Gasteiger partial charge >= 0.3 is 0 Å². The first-order chi connectivity index (χ1) is 7.24. The van der Waals surface area contributed by atoms with Crippen molar-refractivity contribution in [3.63, 3.8) is 0 Å². The van der Waals surface area contributed by atoms with Crippen LogP contribution in [0, 0.1) is 12.8 Å². The van der Waals surface area contributed by atoms with Crippen LogP contribution in [0.5, 0.6) is 0 Å². The van der Waals surface area contributed by atoms with E-state index in [1.807, 2.05) is 13.0 Å². The zero-order chi connectivity index (χ0) is 10.7. The van der Waals surface area contributed by atoms with Crippen molar-refractivity contribution >= 4 is 0 Å². The van der Waals surface area contributed by atoms with Gasteiger partial charge in [-0.15, -0.1) is 0 Å². The van der Waals surface area contributed by atoms with Crippen molar-refractivity contribution < 1.29 is 4.42 Å². The third kappa shape index (κ3) is 3.10. The van der Waals surface area contributed by atoms with Crippen LogP contribution in [0.3, 0.4) is 0 Å². The molecule has 0 amide bonds. The first-order valence-corrected chi connectivity index (χ1v) is 6.03. The Morgan fingerprint density at radius 3 is 2.60 bits per heavy atom. The maximum Gasteiger partial charge on any atom is 0.117 e. The second-order valence-electron chi connectivity index (χ2n) is 4.85. The fraction of sp³-hybridized carbons (Fsp3) is 0.692. The largest absolute Gasteiger partial charge is 0.465 e. The van der Waals surface area contributed by atoms with E-state index in [0.29, 0.717) is 6.04 Å². The summed E-state index contributed by atoms with van der Waals surface area (Å²) in [4.78, 5) is 0. The molecule has 0 aliphatic heterocycles. The molecule has 1 aromatic heterocycles. The van der Waals surface area contributed by atoms with Crippen molar-refractivity contribution in [3.05, 3.63) is 23.7 Å². The minimum absolute atomic E-state index is 0.701. The van der Waals surface area contributed by atoms with E-state index >= 15 is 0 Å². The Balaban J connectivity index is 1.74. The molecular weight excluding hydrogens is 186 g/mol. The smallest absolute Gasteiger partial charge is 0.117 e. The monoisotopic (exact) mass is 207 g/mol. The van der Waals surface area contributed by atoms with E-state index in [1.54, 1.807) is 0 Å². The molecule has 0 saturated heterocycles. The van der Waals surface area contributed by atoms with Gasteiger partial charge in [-0.3, -0.25) is 0 Å². The third-order valence-corrected chi connectivity index (χ3v) is 3.38. The molecule has 0 atom stereocenters. The van der Waals surface area contributed by atoms with Gasteiger partial charge < -0.3 is 9.73 Å². The molecule has 0 spiro atoms. The third-order valence-electron chi connectivity index (χ3n) is 3.38. The molecule has 1 N–H and O–H groups in total. The molecule has 1 aromatic rings. The van der Waals surface area contributed by atoms with Crippen LogP contribution in [-0.4, -0.2) is 6.04 Å². The number of nitrogens with one attached hydrogen (secondary N) is 1. The van der Waals surface area contributed by atoms with E-state index in [0.717, 1.165) is 24.0 Å². The number of hydrogen-bond acceptors (Lipinski definition) is 2. The van der Waals surface area contributed by atoms with Gasteiger partial charge in [-0.2, -0.15) is 0 Å². The van der Waals surface area contributed by atoms with Crippen molar-refractivity contribution in [2.24, 2.45) is 5.92 Å². The molecule has 1 saturated carbocycles. The fourth-order valence-corrected chi connectivity index (χ4v) is 2.29. The van der Waals surface area contributed by atoms with Gasteiger partial charge in [0.1, 0.15) is 11.5 Å². The highest BCUT2D eigenvalue weighted by atomic mass is 16.3. The minimum atomic E-state index is 0.701. The molecule has 0 radical (unpaired) electrons. The van der Waals surface area contributed by atoms with Gasteiger partial charge in [-0.05, 0) is 50.7 Å². The maximum atomic E-state index is 5.53. The topological polar surface area (TPSA) is 25.2 Å². The van der Waals surface area contributed by atoms with Crippen LogP contribution in [0.1, 0.15) is 44.1 Å². The van der Waals surface area contributed by atoms with E-state index in [-0.39, 0.29) is 0 Å². The molecule has 1 aliphatic rings. The summed E-state index contributed by atoms with van der Waals surface area (Å²) in [5.74, 6) is 2.99. The lowest BCUT2D eigenvalue weighted by atomic mass is 9.87. The van der Waals surface area contributed by atoms with Crippen molar-refractivity contribution in [1.82, 2.24) is 5.32 Å². The summed E-state index contributed by atoms with van der Waals surface area (Å²) in [5, 5.41) is 3.58. The van der Waals surface area contributed by atoms with Gasteiger partial charge in [-0.1, -0.05) is 6.92 Å². The SMILES string of the molecule is Cc1ccc(CNC2CCC(C)CC2)o1. The predicted molar refractivity (Wildman–Crippen MR) is 61.7 cm³/mol. The van der Waals surface area contributed by atoms with Crippen molar-refractivity contribution in [1.29, 1.82) is 0 Å². The molecule has 2 rings (SSSR count). The molecule has 2 nitrogen and oxygen atoms in total. The quantitative estimate of drug-likeness (QED) is 0.823. The summed E-state index contributed by atoms with van der Waals surface area (Å²) in [6, 6.07) is 4.79. The first kappa shape index (κ1) is 10.7. The average molecular weight is 207 g/mol. The normalized spacial score (nSPS) is 26.8. The van der Waals surface area contributed by atoms with Crippen molar-refractivity contribution in [2.45, 2.75) is 52.1 Å². The van der Waals surface area contributed by atoms with Gasteiger partial charge in [0.25, 0.3) is 0 Å². The van der Waals surface area contributed by atoms with Crippen LogP contribution in [0.25, 0.3) is 0 Å². The average Bonchev–Trinajstić information content (AvgIpc) is 2.64. The van der Waals surface area contributed by atoms with Gasteiger partial charge in [-0.25, -0.2) is 0 Å². The molecule has 2 heteroatoms. The number of furan rings is 1. The van der Waals surface area contributed by atoms with Crippen LogP contribution < -0.4 is 5.32 Å². The Morgan fingerprint density at radius 1 is 1.27 bits per heavy atom. The fourth-order valence-electron chi connectivity index (χ4n) is 2.29. The second kappa shape index (κ2) is 4.84. The van der Waals surface area contributed by atoms with Gasteiger partial charge in [0.2, 0.25) is 0 Å². The highest BCUT2D eigenvalue weighted by molar-refractivity contribution is 5.05. The lowest BCUT2D eigenvalue weighted by Gasteiger charge is -2.26. The summed E-state index contributed by atoms with van der Waals surface area (Å²) in [6.07, 6.45) is 5.38. The maximum absolute atomic E-state index is 5.53. The predicted octanol–water partition coefficient (Wildman–Crippen LogP) is 3.26. The molecule has 1 fully saturated rings. The summed E-state index contributed by atoms with van der Waals surface area (Å²) in [5.41, 5.74) is 0. The Hall–Kier alpha value is -0.760. The molecule has 0 aromatic carbocycles. The highest BCUT2D eigenvalue weighted by Gasteiger charge is 2.17. The van der Waals surface area contributed by atoms with Crippen LogP contribution in [0.2, 0.25) is 0 Å². The minimum Gasteiger partial charge on any atom is -0.465 e. The number of rotatable bonds is 3. The second-order valence-corrected chi connectivity index (χ2v) is 4.85. The molecule has 1 aliphatic carbocycles. The van der Waals surface area contributed by atoms with Crippen LogP contribution in [-0.2, 0) is 6.54 Å². The highest BCUT2D eigenvalue weighted by Crippen LogP contribution is 2.23. The van der Waals surface area contributed by atoms with Crippen LogP contribution >= 0.6 is 0 Å². The molecule has 84 valence electrons. The lowest BCUT2D eigenvalue weighted by molar-refractivity contribution is 0.299. The van der Waals surface area contributed by atoms with Crippen LogP contribution in [0.4, 0.5) is 0 Å². The Kier molecular flexibility index (Phi) is 3.47. The van der Waals surface area contributed by atoms with E-state index < -0.39 is 0 Å². The summed E-state index contributed by atoms with van der Waals surface area (Å²) >= 11 is 0. The van der Waals surface area contributed by atoms with E-state index in [4.69, 9.17) is 4.42 Å². The number of aryl methyl sites for hydroxylation is 1. The molecule has 0 bridgehead atoms. The number of hydrogen-bond donors (Lipinski definition) is 1. The molecule has 0 unspecified atom stereocenters. The molecule has 15 heavy (non-hydrogen) atoms. The van der Waals surface area contributed by atoms with Gasteiger partial charge in [0.05, 0.1) is 6.54 Å². The summed E-state index contributed by atoms with van der Waals surface area (Å²) in [6.45, 7) is 5.23. The van der Waals surface area contributed by atoms with Crippen molar-refractivity contribution in [2.75, 3.05) is 0 Å². The standard InChI is InChI=1S/C13H21NO/c1-10-3-6-12(7-4-10)14-9-13-8-5-11(2)15-13/h5,8,10,12,14H,3-4,6-7,9H2,1-2H3.